The number of hydrogen-bond acceptors (Lipinski definition) is 6. The van der Waals surface area contributed by atoms with Crippen LogP contribution in [0.25, 0.3) is 0 Å². The molecule has 6 heteroatoms. The van der Waals surface area contributed by atoms with E-state index in [1.54, 1.807) is 0 Å². The molecule has 76 heavy (non-hydrogen) atoms. The summed E-state index contributed by atoms with van der Waals surface area (Å²) < 4.78 is 16.9. The number of rotatable bonds is 61. The van der Waals surface area contributed by atoms with Gasteiger partial charge < -0.3 is 14.2 Å². The van der Waals surface area contributed by atoms with Crippen LogP contribution in [0.4, 0.5) is 0 Å². The second-order valence-electron chi connectivity index (χ2n) is 22.4. The highest BCUT2D eigenvalue weighted by atomic mass is 16.6. The van der Waals surface area contributed by atoms with Gasteiger partial charge >= 0.3 is 17.9 Å². The van der Waals surface area contributed by atoms with Gasteiger partial charge in [-0.2, -0.15) is 0 Å². The maximum absolute atomic E-state index is 12.9. The summed E-state index contributed by atoms with van der Waals surface area (Å²) in [7, 11) is 0. The molecule has 0 amide bonds. The van der Waals surface area contributed by atoms with Crippen molar-refractivity contribution in [3.63, 3.8) is 0 Å². The maximum Gasteiger partial charge on any atom is 0.306 e. The first-order chi connectivity index (χ1) is 37.5. The molecular formula is C70H126O6. The van der Waals surface area contributed by atoms with Crippen molar-refractivity contribution in [1.29, 1.82) is 0 Å². The molecule has 0 radical (unpaired) electrons. The third kappa shape index (κ3) is 62.0. The predicted octanol–water partition coefficient (Wildman–Crippen LogP) is 22.7. The first kappa shape index (κ1) is 73.1. The van der Waals surface area contributed by atoms with Crippen molar-refractivity contribution in [2.24, 2.45) is 0 Å². The normalized spacial score (nSPS) is 12.4. The van der Waals surface area contributed by atoms with Crippen LogP contribution in [0.15, 0.2) is 60.8 Å². The van der Waals surface area contributed by atoms with E-state index in [2.05, 4.69) is 81.5 Å². The quantitative estimate of drug-likeness (QED) is 0.0261. The van der Waals surface area contributed by atoms with Crippen molar-refractivity contribution in [3.8, 4) is 0 Å². The molecule has 6 nitrogen and oxygen atoms in total. The lowest BCUT2D eigenvalue weighted by atomic mass is 10.0. The predicted molar refractivity (Wildman–Crippen MR) is 330 cm³/mol. The van der Waals surface area contributed by atoms with Gasteiger partial charge in [0.25, 0.3) is 0 Å². The molecule has 1 atom stereocenters. The second-order valence-corrected chi connectivity index (χ2v) is 22.4. The van der Waals surface area contributed by atoms with Gasteiger partial charge in [0.1, 0.15) is 13.2 Å². The third-order valence-corrected chi connectivity index (χ3v) is 14.8. The first-order valence-corrected chi connectivity index (χ1v) is 33.3. The van der Waals surface area contributed by atoms with E-state index >= 15 is 0 Å². The lowest BCUT2D eigenvalue weighted by Gasteiger charge is -2.18. The van der Waals surface area contributed by atoms with Gasteiger partial charge in [-0.1, -0.05) is 326 Å². The number of unbranched alkanes of at least 4 members (excludes halogenated alkanes) is 40. The van der Waals surface area contributed by atoms with E-state index in [9.17, 15) is 14.4 Å². The summed E-state index contributed by atoms with van der Waals surface area (Å²) in [6, 6.07) is 0. The molecule has 0 saturated carbocycles. The molecule has 0 N–H and O–H groups in total. The fraction of sp³-hybridized carbons (Fsp3) is 0.814. The summed E-state index contributed by atoms with van der Waals surface area (Å²) in [4.78, 5) is 38.2. The molecule has 0 bridgehead atoms. The molecule has 0 heterocycles. The Bertz CT molecular complexity index is 1360. The largest absolute Gasteiger partial charge is 0.462 e. The highest BCUT2D eigenvalue weighted by molar-refractivity contribution is 5.71. The van der Waals surface area contributed by atoms with Crippen LogP contribution >= 0.6 is 0 Å². The van der Waals surface area contributed by atoms with Gasteiger partial charge in [-0.15, -0.1) is 0 Å². The Labute approximate surface area is 472 Å². The van der Waals surface area contributed by atoms with Crippen LogP contribution in [-0.4, -0.2) is 37.2 Å². The van der Waals surface area contributed by atoms with Gasteiger partial charge in [0.05, 0.1) is 0 Å². The fourth-order valence-electron chi connectivity index (χ4n) is 9.83. The maximum atomic E-state index is 12.9. The van der Waals surface area contributed by atoms with E-state index in [-0.39, 0.29) is 31.1 Å². The van der Waals surface area contributed by atoms with Crippen LogP contribution in [0, 0.1) is 0 Å². The lowest BCUT2D eigenvalue weighted by molar-refractivity contribution is -0.167. The van der Waals surface area contributed by atoms with Gasteiger partial charge in [-0.05, 0) is 64.2 Å². The molecule has 0 aliphatic carbocycles. The van der Waals surface area contributed by atoms with Crippen molar-refractivity contribution < 1.29 is 28.6 Å². The van der Waals surface area contributed by atoms with E-state index in [0.29, 0.717) is 19.3 Å². The highest BCUT2D eigenvalue weighted by Gasteiger charge is 2.19. The monoisotopic (exact) mass is 1060 g/mol. The van der Waals surface area contributed by atoms with Crippen molar-refractivity contribution in [1.82, 2.24) is 0 Å². The van der Waals surface area contributed by atoms with Gasteiger partial charge in [-0.25, -0.2) is 0 Å². The molecule has 0 aromatic carbocycles. The molecule has 0 aliphatic heterocycles. The standard InChI is InChI=1S/C70H126O6/c1-4-7-10-13-16-19-22-25-26-27-28-29-30-31-32-33-34-35-36-37-38-39-40-41-42-43-44-46-48-51-54-57-60-63-69(72)75-66-67(65-74-68(71)62-59-56-53-50-47-24-21-18-15-12-9-6-3)76-70(73)64-61-58-55-52-49-45-23-20-17-14-11-8-5-2/h7,10,16,19,25-26,28-29,31-32,67H,4-6,8-9,11-15,17-18,20-24,27,30,33-66H2,1-3H3/b10-7-,19-16-,26-25-,29-28-,32-31-. The van der Waals surface area contributed by atoms with Crippen molar-refractivity contribution in [2.45, 2.75) is 354 Å². The van der Waals surface area contributed by atoms with E-state index in [0.717, 1.165) is 89.9 Å². The summed E-state index contributed by atoms with van der Waals surface area (Å²) in [5.74, 6) is -0.844. The van der Waals surface area contributed by atoms with Gasteiger partial charge in [0.15, 0.2) is 6.10 Å². The van der Waals surface area contributed by atoms with E-state index < -0.39 is 6.10 Å². The van der Waals surface area contributed by atoms with Crippen LogP contribution < -0.4 is 0 Å². The third-order valence-electron chi connectivity index (χ3n) is 14.8. The molecular weight excluding hydrogens is 937 g/mol. The Kier molecular flexibility index (Phi) is 62.2. The van der Waals surface area contributed by atoms with E-state index in [1.165, 1.54) is 218 Å². The number of carbonyl (C=O) groups excluding carboxylic acids is 3. The molecule has 442 valence electrons. The Balaban J connectivity index is 4.07. The van der Waals surface area contributed by atoms with Gasteiger partial charge in [-0.3, -0.25) is 14.4 Å². The molecule has 0 aliphatic rings. The fourth-order valence-corrected chi connectivity index (χ4v) is 9.83. The number of carbonyl (C=O) groups is 3. The van der Waals surface area contributed by atoms with Crippen LogP contribution in [0.1, 0.15) is 348 Å². The Morgan fingerprint density at radius 2 is 0.513 bits per heavy atom. The molecule has 0 fully saturated rings. The zero-order valence-electron chi connectivity index (χ0n) is 50.8. The summed E-state index contributed by atoms with van der Waals surface area (Å²) in [6.07, 6.45) is 82.5. The van der Waals surface area contributed by atoms with Crippen LogP contribution in [0.2, 0.25) is 0 Å². The summed E-state index contributed by atoms with van der Waals surface area (Å²) in [5, 5.41) is 0. The summed E-state index contributed by atoms with van der Waals surface area (Å²) in [6.45, 7) is 6.57. The van der Waals surface area contributed by atoms with Crippen LogP contribution in [0.3, 0.4) is 0 Å². The Morgan fingerprint density at radius 1 is 0.276 bits per heavy atom. The molecule has 0 spiro atoms. The van der Waals surface area contributed by atoms with Crippen LogP contribution in [-0.2, 0) is 28.6 Å². The van der Waals surface area contributed by atoms with Crippen molar-refractivity contribution in [3.05, 3.63) is 60.8 Å². The Morgan fingerprint density at radius 3 is 0.803 bits per heavy atom. The number of esters is 3. The Hall–Kier alpha value is -2.89. The highest BCUT2D eigenvalue weighted by Crippen LogP contribution is 2.18. The van der Waals surface area contributed by atoms with Gasteiger partial charge in [0.2, 0.25) is 0 Å². The average molecular weight is 1060 g/mol. The molecule has 0 saturated heterocycles. The number of ether oxygens (including phenoxy) is 3. The molecule has 0 aromatic heterocycles. The SMILES string of the molecule is CC/C=C\C/C=C\C/C=C\C/C=C\C/C=C\CCCCCCCCCCCCCCCCCCCC(=O)OCC(COC(=O)CCCCCCCCCCCCCC)OC(=O)CCCCCCCCCCCCCCC. The van der Waals surface area contributed by atoms with Crippen molar-refractivity contribution in [2.75, 3.05) is 13.2 Å². The molecule has 1 unspecified atom stereocenters. The number of allylic oxidation sites excluding steroid dienone is 10. The zero-order valence-corrected chi connectivity index (χ0v) is 50.8. The zero-order chi connectivity index (χ0) is 55.0. The first-order valence-electron chi connectivity index (χ1n) is 33.3. The van der Waals surface area contributed by atoms with Crippen molar-refractivity contribution >= 4 is 17.9 Å². The second kappa shape index (κ2) is 64.6. The van der Waals surface area contributed by atoms with E-state index in [1.807, 2.05) is 0 Å². The topological polar surface area (TPSA) is 78.9 Å². The average Bonchev–Trinajstić information content (AvgIpc) is 3.42. The lowest BCUT2D eigenvalue weighted by Crippen LogP contribution is -2.30. The molecule has 0 aromatic rings. The number of hydrogen-bond donors (Lipinski definition) is 0. The minimum Gasteiger partial charge on any atom is -0.462 e. The van der Waals surface area contributed by atoms with Gasteiger partial charge in [0, 0.05) is 19.3 Å². The van der Waals surface area contributed by atoms with E-state index in [4.69, 9.17) is 14.2 Å². The van der Waals surface area contributed by atoms with Crippen LogP contribution in [0.5, 0.6) is 0 Å². The summed E-state index contributed by atoms with van der Waals surface area (Å²) >= 11 is 0. The minimum absolute atomic E-state index is 0.0664. The minimum atomic E-state index is -0.767. The summed E-state index contributed by atoms with van der Waals surface area (Å²) in [5.41, 5.74) is 0. The smallest absolute Gasteiger partial charge is 0.306 e. The molecule has 0 rings (SSSR count).